The van der Waals surface area contributed by atoms with E-state index in [9.17, 15) is 0 Å². The largest absolute Gasteiger partial charge is 0.493 e. The maximum Gasteiger partial charge on any atom is 0.119 e. The molecule has 0 aromatic heterocycles. The second-order valence-electron chi connectivity index (χ2n) is 6.24. The molecule has 0 aliphatic heterocycles. The summed E-state index contributed by atoms with van der Waals surface area (Å²) in [7, 11) is 0. The standard InChI is InChI=1S/C16H25BrO/c1-12(2)13(10-17)11-18-15-8-6-14(7-9-15)16(3,4)5/h6-9,12-13H,10-11H2,1-5H3. The topological polar surface area (TPSA) is 9.23 Å². The van der Waals surface area contributed by atoms with Crippen molar-refractivity contribution in [3.63, 3.8) is 0 Å². The van der Waals surface area contributed by atoms with Crippen LogP contribution in [0, 0.1) is 11.8 Å². The lowest BCUT2D eigenvalue weighted by Gasteiger charge is -2.21. The normalized spacial score (nSPS) is 13.7. The zero-order valence-electron chi connectivity index (χ0n) is 12.2. The van der Waals surface area contributed by atoms with Gasteiger partial charge in [0.25, 0.3) is 0 Å². The molecule has 102 valence electrons. The SMILES string of the molecule is CC(C)C(CBr)COc1ccc(C(C)(C)C)cc1. The number of hydrogen-bond acceptors (Lipinski definition) is 1. The van der Waals surface area contributed by atoms with E-state index in [1.54, 1.807) is 0 Å². The van der Waals surface area contributed by atoms with Gasteiger partial charge in [0.1, 0.15) is 5.75 Å². The lowest BCUT2D eigenvalue weighted by Crippen LogP contribution is -2.19. The first-order valence-electron chi connectivity index (χ1n) is 6.64. The third-order valence-electron chi connectivity index (χ3n) is 3.33. The maximum atomic E-state index is 5.86. The first-order chi connectivity index (χ1) is 8.34. The van der Waals surface area contributed by atoms with Gasteiger partial charge in [0.05, 0.1) is 6.61 Å². The van der Waals surface area contributed by atoms with Crippen LogP contribution in [0.4, 0.5) is 0 Å². The molecule has 0 saturated carbocycles. The second kappa shape index (κ2) is 6.60. The van der Waals surface area contributed by atoms with Crippen LogP contribution in [0.25, 0.3) is 0 Å². The van der Waals surface area contributed by atoms with Gasteiger partial charge >= 0.3 is 0 Å². The van der Waals surface area contributed by atoms with Crippen molar-refractivity contribution >= 4 is 15.9 Å². The van der Waals surface area contributed by atoms with Crippen molar-refractivity contribution in [3.8, 4) is 5.75 Å². The van der Waals surface area contributed by atoms with Crippen molar-refractivity contribution in [2.45, 2.75) is 40.0 Å². The Morgan fingerprint density at radius 1 is 1.11 bits per heavy atom. The predicted molar refractivity (Wildman–Crippen MR) is 82.8 cm³/mol. The molecule has 0 fully saturated rings. The van der Waals surface area contributed by atoms with Gasteiger partial charge < -0.3 is 4.74 Å². The highest BCUT2D eigenvalue weighted by atomic mass is 79.9. The van der Waals surface area contributed by atoms with E-state index < -0.39 is 0 Å². The van der Waals surface area contributed by atoms with E-state index >= 15 is 0 Å². The van der Waals surface area contributed by atoms with Gasteiger partial charge in [0.15, 0.2) is 0 Å². The first-order valence-corrected chi connectivity index (χ1v) is 7.76. The van der Waals surface area contributed by atoms with Crippen LogP contribution in [0.5, 0.6) is 5.75 Å². The van der Waals surface area contributed by atoms with Gasteiger partial charge in [0, 0.05) is 11.2 Å². The summed E-state index contributed by atoms with van der Waals surface area (Å²) in [6.45, 7) is 11.9. The van der Waals surface area contributed by atoms with E-state index in [0.29, 0.717) is 11.8 Å². The number of hydrogen-bond donors (Lipinski definition) is 0. The average Bonchev–Trinajstić information content (AvgIpc) is 2.29. The number of ether oxygens (including phenoxy) is 1. The Morgan fingerprint density at radius 2 is 1.67 bits per heavy atom. The number of halogens is 1. The molecule has 1 atom stereocenters. The van der Waals surface area contributed by atoms with Crippen LogP contribution in [0.2, 0.25) is 0 Å². The van der Waals surface area contributed by atoms with E-state index in [2.05, 4.69) is 74.8 Å². The molecule has 0 radical (unpaired) electrons. The number of alkyl halides is 1. The van der Waals surface area contributed by atoms with Gasteiger partial charge in [-0.1, -0.05) is 62.7 Å². The lowest BCUT2D eigenvalue weighted by molar-refractivity contribution is 0.227. The second-order valence-corrected chi connectivity index (χ2v) is 6.89. The van der Waals surface area contributed by atoms with Crippen LogP contribution in [0.3, 0.4) is 0 Å². The molecule has 0 amide bonds. The molecule has 1 aromatic rings. The monoisotopic (exact) mass is 312 g/mol. The van der Waals surface area contributed by atoms with Crippen LogP contribution >= 0.6 is 15.9 Å². The molecule has 1 aromatic carbocycles. The molecule has 0 heterocycles. The van der Waals surface area contributed by atoms with E-state index in [-0.39, 0.29) is 5.41 Å². The minimum atomic E-state index is 0.203. The highest BCUT2D eigenvalue weighted by molar-refractivity contribution is 9.09. The Bertz CT molecular complexity index is 348. The molecule has 0 N–H and O–H groups in total. The van der Waals surface area contributed by atoms with Gasteiger partial charge in [0.2, 0.25) is 0 Å². The minimum Gasteiger partial charge on any atom is -0.493 e. The molecule has 1 unspecified atom stereocenters. The molecule has 1 nitrogen and oxygen atoms in total. The summed E-state index contributed by atoms with van der Waals surface area (Å²) in [5, 5.41) is 0.991. The summed E-state index contributed by atoms with van der Waals surface area (Å²) < 4.78 is 5.86. The molecular weight excluding hydrogens is 288 g/mol. The van der Waals surface area contributed by atoms with Crippen LogP contribution in [-0.2, 0) is 5.41 Å². The van der Waals surface area contributed by atoms with Crippen molar-refractivity contribution in [2.75, 3.05) is 11.9 Å². The third kappa shape index (κ3) is 4.64. The Labute approximate surface area is 120 Å². The zero-order valence-corrected chi connectivity index (χ0v) is 13.8. The average molecular weight is 313 g/mol. The molecular formula is C16H25BrO. The summed E-state index contributed by atoms with van der Waals surface area (Å²) >= 11 is 3.55. The van der Waals surface area contributed by atoms with Gasteiger partial charge in [-0.25, -0.2) is 0 Å². The Hall–Kier alpha value is -0.500. The van der Waals surface area contributed by atoms with Crippen LogP contribution in [-0.4, -0.2) is 11.9 Å². The molecule has 18 heavy (non-hydrogen) atoms. The summed E-state index contributed by atoms with van der Waals surface area (Å²) in [4.78, 5) is 0. The van der Waals surface area contributed by atoms with Gasteiger partial charge in [-0.2, -0.15) is 0 Å². The van der Waals surface area contributed by atoms with E-state index in [0.717, 1.165) is 17.7 Å². The zero-order chi connectivity index (χ0) is 13.8. The van der Waals surface area contributed by atoms with Crippen molar-refractivity contribution in [1.82, 2.24) is 0 Å². The fraction of sp³-hybridized carbons (Fsp3) is 0.625. The quantitative estimate of drug-likeness (QED) is 0.693. The van der Waals surface area contributed by atoms with Gasteiger partial charge in [-0.05, 0) is 29.0 Å². The van der Waals surface area contributed by atoms with Crippen LogP contribution in [0.15, 0.2) is 24.3 Å². The molecule has 0 spiro atoms. The third-order valence-corrected chi connectivity index (χ3v) is 4.16. The Balaban J connectivity index is 2.59. The molecule has 0 aliphatic rings. The van der Waals surface area contributed by atoms with E-state index in [4.69, 9.17) is 4.74 Å². The Kier molecular flexibility index (Phi) is 5.71. The maximum absolute atomic E-state index is 5.86. The number of benzene rings is 1. The van der Waals surface area contributed by atoms with Gasteiger partial charge in [-0.3, -0.25) is 0 Å². The molecule has 0 aliphatic carbocycles. The molecule has 0 saturated heterocycles. The van der Waals surface area contributed by atoms with Crippen molar-refractivity contribution < 1.29 is 4.74 Å². The smallest absolute Gasteiger partial charge is 0.119 e. The minimum absolute atomic E-state index is 0.203. The highest BCUT2D eigenvalue weighted by Crippen LogP contribution is 2.25. The summed E-state index contributed by atoms with van der Waals surface area (Å²) in [6, 6.07) is 8.47. The summed E-state index contributed by atoms with van der Waals surface area (Å²) in [6.07, 6.45) is 0. The first kappa shape index (κ1) is 15.6. The summed E-state index contributed by atoms with van der Waals surface area (Å²) in [5.74, 6) is 2.17. The van der Waals surface area contributed by atoms with Crippen molar-refractivity contribution in [1.29, 1.82) is 0 Å². The van der Waals surface area contributed by atoms with Crippen molar-refractivity contribution in [2.24, 2.45) is 11.8 Å². The van der Waals surface area contributed by atoms with E-state index in [1.165, 1.54) is 5.56 Å². The van der Waals surface area contributed by atoms with E-state index in [1.807, 2.05) is 0 Å². The van der Waals surface area contributed by atoms with Crippen LogP contribution in [0.1, 0.15) is 40.2 Å². The summed E-state index contributed by atoms with van der Waals surface area (Å²) in [5.41, 5.74) is 1.55. The molecule has 0 bridgehead atoms. The van der Waals surface area contributed by atoms with Gasteiger partial charge in [-0.15, -0.1) is 0 Å². The fourth-order valence-corrected chi connectivity index (χ4v) is 2.60. The highest BCUT2D eigenvalue weighted by Gasteiger charge is 2.14. The fourth-order valence-electron chi connectivity index (χ4n) is 1.67. The number of rotatable bonds is 5. The van der Waals surface area contributed by atoms with Crippen molar-refractivity contribution in [3.05, 3.63) is 29.8 Å². The molecule has 2 heteroatoms. The predicted octanol–water partition coefficient (Wildman–Crippen LogP) is 5.03. The Morgan fingerprint density at radius 3 is 2.06 bits per heavy atom. The lowest BCUT2D eigenvalue weighted by atomic mass is 9.87. The van der Waals surface area contributed by atoms with Crippen LogP contribution < -0.4 is 4.74 Å². The molecule has 1 rings (SSSR count).